The van der Waals surface area contributed by atoms with Crippen LogP contribution in [-0.4, -0.2) is 48.9 Å². The first-order chi connectivity index (χ1) is 19.6. The zero-order chi connectivity index (χ0) is 29.3. The lowest BCUT2D eigenvalue weighted by molar-refractivity contribution is -0.136. The first-order valence-corrected chi connectivity index (χ1v) is 13.2. The van der Waals surface area contributed by atoms with Crippen LogP contribution < -0.4 is 0 Å². The third-order valence-electron chi connectivity index (χ3n) is 7.20. The third-order valence-corrected chi connectivity index (χ3v) is 7.20. The Morgan fingerprint density at radius 3 is 2.46 bits per heavy atom. The van der Waals surface area contributed by atoms with Crippen molar-refractivity contribution in [2.75, 3.05) is 13.2 Å². The smallest absolute Gasteiger partial charge is 0.420 e. The molecule has 0 aliphatic rings. The Balaban J connectivity index is 1.59. The maximum atomic E-state index is 14.2. The summed E-state index contributed by atoms with van der Waals surface area (Å²) in [7, 11) is 1.75. The van der Waals surface area contributed by atoms with Gasteiger partial charge in [0.15, 0.2) is 11.4 Å². The van der Waals surface area contributed by atoms with E-state index in [0.717, 1.165) is 6.07 Å². The van der Waals surface area contributed by atoms with E-state index in [1.165, 1.54) is 18.5 Å². The van der Waals surface area contributed by atoms with Crippen molar-refractivity contribution in [2.45, 2.75) is 39.0 Å². The van der Waals surface area contributed by atoms with E-state index >= 15 is 0 Å². The largest absolute Gasteiger partial charge is 0.435 e. The monoisotopic (exact) mass is 567 g/mol. The maximum Gasteiger partial charge on any atom is 0.420 e. The van der Waals surface area contributed by atoms with Crippen molar-refractivity contribution in [3.05, 3.63) is 77.9 Å². The Morgan fingerprint density at radius 1 is 1.02 bits per heavy atom. The predicted molar refractivity (Wildman–Crippen MR) is 147 cm³/mol. The minimum Gasteiger partial charge on any atom is -0.435 e. The summed E-state index contributed by atoms with van der Waals surface area (Å²) in [4.78, 5) is 6.38. The van der Waals surface area contributed by atoms with E-state index in [1.54, 1.807) is 41.9 Å². The molecule has 0 amide bonds. The van der Waals surface area contributed by atoms with Gasteiger partial charge in [-0.05, 0) is 66.1 Å². The van der Waals surface area contributed by atoms with Gasteiger partial charge < -0.3 is 14.1 Å². The van der Waals surface area contributed by atoms with Crippen LogP contribution in [0, 0.1) is 5.82 Å². The number of rotatable bonds is 9. The van der Waals surface area contributed by atoms with Crippen molar-refractivity contribution in [1.29, 1.82) is 0 Å². The Hall–Kier alpha value is -4.09. The summed E-state index contributed by atoms with van der Waals surface area (Å²) >= 11 is 0. The molecule has 0 fully saturated rings. The molecule has 0 bridgehead atoms. The number of benzene rings is 3. The molecule has 0 spiro atoms. The lowest BCUT2D eigenvalue weighted by Crippen LogP contribution is -2.36. The highest BCUT2D eigenvalue weighted by molar-refractivity contribution is 5.84. The van der Waals surface area contributed by atoms with Crippen molar-refractivity contribution < 1.29 is 27.1 Å². The molecule has 11 heteroatoms. The number of oxazole rings is 1. The summed E-state index contributed by atoms with van der Waals surface area (Å²) in [6.07, 6.45) is -2.49. The van der Waals surface area contributed by atoms with E-state index in [0.29, 0.717) is 46.6 Å². The van der Waals surface area contributed by atoms with Gasteiger partial charge in [-0.3, -0.25) is 4.90 Å². The zero-order valence-corrected chi connectivity index (χ0v) is 22.8. The van der Waals surface area contributed by atoms with E-state index in [9.17, 15) is 22.7 Å². The highest BCUT2D eigenvalue weighted by atomic mass is 19.4. The molecule has 5 rings (SSSR count). The average molecular weight is 568 g/mol. The molecule has 2 heterocycles. The first-order valence-electron chi connectivity index (χ1n) is 13.2. The van der Waals surface area contributed by atoms with Gasteiger partial charge in [0.2, 0.25) is 5.89 Å². The summed E-state index contributed by atoms with van der Waals surface area (Å²) in [6.45, 7) is 4.53. The van der Waals surface area contributed by atoms with Gasteiger partial charge in [0, 0.05) is 30.8 Å². The van der Waals surface area contributed by atoms with Crippen LogP contribution in [0.25, 0.3) is 45.1 Å². The fourth-order valence-electron chi connectivity index (χ4n) is 5.05. The number of nitrogens with zero attached hydrogens (tertiary/aromatic N) is 5. The average Bonchev–Trinajstić information content (AvgIpc) is 3.58. The van der Waals surface area contributed by atoms with Gasteiger partial charge in [-0.25, -0.2) is 9.37 Å². The van der Waals surface area contributed by atoms with Gasteiger partial charge in [-0.15, -0.1) is 10.2 Å². The molecule has 5 aromatic rings. The normalized spacial score (nSPS) is 12.9. The molecule has 0 aliphatic carbocycles. The molecule has 0 saturated heterocycles. The number of fused-ring (bicyclic) bond motifs is 1. The lowest BCUT2D eigenvalue weighted by atomic mass is 9.97. The van der Waals surface area contributed by atoms with Crippen LogP contribution in [0.3, 0.4) is 0 Å². The van der Waals surface area contributed by atoms with Crippen LogP contribution in [-0.2, 0) is 19.8 Å². The van der Waals surface area contributed by atoms with Gasteiger partial charge in [0.25, 0.3) is 0 Å². The van der Waals surface area contributed by atoms with Crippen molar-refractivity contribution in [1.82, 2.24) is 24.6 Å². The number of aliphatic hydroxyl groups is 1. The number of halogens is 4. The molecule has 0 saturated carbocycles. The third kappa shape index (κ3) is 5.73. The van der Waals surface area contributed by atoms with Crippen LogP contribution in [0.4, 0.5) is 17.6 Å². The lowest BCUT2D eigenvalue weighted by Gasteiger charge is -2.28. The molecule has 0 radical (unpaired) electrons. The quantitative estimate of drug-likeness (QED) is 0.200. The summed E-state index contributed by atoms with van der Waals surface area (Å²) < 4.78 is 64.1. The second-order valence-corrected chi connectivity index (χ2v) is 9.85. The molecule has 7 nitrogen and oxygen atoms in total. The van der Waals surface area contributed by atoms with Crippen molar-refractivity contribution >= 4 is 11.1 Å². The minimum atomic E-state index is -4.66. The van der Waals surface area contributed by atoms with Crippen LogP contribution in [0.2, 0.25) is 0 Å². The number of aromatic nitrogens is 4. The standard InChI is InChI=1S/C30H29F4N5O2/c1-4-22(16-40)39(5-2)15-18-11-25(30(32,33)34)27-26(12-18)36-29(41-27)20-8-6-7-19(13-20)23-10-9-21(31)14-24(23)28-37-35-17-38(28)3/h6-14,17,22,40H,4-5,15-16H2,1-3H3. The van der Waals surface area contributed by atoms with Gasteiger partial charge in [-0.1, -0.05) is 32.0 Å². The van der Waals surface area contributed by atoms with Gasteiger partial charge in [0.1, 0.15) is 23.2 Å². The van der Waals surface area contributed by atoms with E-state index in [1.807, 2.05) is 24.8 Å². The van der Waals surface area contributed by atoms with Crippen LogP contribution in [0.15, 0.2) is 65.3 Å². The summed E-state index contributed by atoms with van der Waals surface area (Å²) in [6, 6.07) is 13.8. The van der Waals surface area contributed by atoms with Crippen molar-refractivity contribution in [3.8, 4) is 34.0 Å². The number of aliphatic hydroxyl groups excluding tert-OH is 1. The predicted octanol–water partition coefficient (Wildman–Crippen LogP) is 6.71. The minimum absolute atomic E-state index is 0.0287. The zero-order valence-electron chi connectivity index (χ0n) is 22.8. The van der Waals surface area contributed by atoms with E-state index in [-0.39, 0.29) is 36.2 Å². The van der Waals surface area contributed by atoms with E-state index in [2.05, 4.69) is 15.2 Å². The summed E-state index contributed by atoms with van der Waals surface area (Å²) in [5, 5.41) is 17.7. The molecule has 41 heavy (non-hydrogen) atoms. The number of likely N-dealkylation sites (N-methyl/N-ethyl adjacent to an activating group) is 1. The topological polar surface area (TPSA) is 80.2 Å². The van der Waals surface area contributed by atoms with Gasteiger partial charge in [0.05, 0.1) is 6.61 Å². The molecule has 3 aromatic carbocycles. The fraction of sp³-hybridized carbons (Fsp3) is 0.300. The second-order valence-electron chi connectivity index (χ2n) is 9.85. The summed E-state index contributed by atoms with van der Waals surface area (Å²) in [5.41, 5.74) is 1.56. The van der Waals surface area contributed by atoms with Crippen LogP contribution >= 0.6 is 0 Å². The van der Waals surface area contributed by atoms with Crippen molar-refractivity contribution in [3.63, 3.8) is 0 Å². The molecular formula is C30H29F4N5O2. The number of hydrogen-bond acceptors (Lipinski definition) is 6. The SMILES string of the molecule is CCC(CO)N(CC)Cc1cc(C(F)(F)F)c2oc(-c3cccc(-c4ccc(F)cc4-c4nncn4C)c3)nc2c1. The van der Waals surface area contributed by atoms with Crippen LogP contribution in [0.5, 0.6) is 0 Å². The first kappa shape index (κ1) is 28.4. The van der Waals surface area contributed by atoms with Crippen LogP contribution in [0.1, 0.15) is 31.4 Å². The Kier molecular flexibility index (Phi) is 7.92. The number of hydrogen-bond donors (Lipinski definition) is 1. The maximum absolute atomic E-state index is 14.2. The molecule has 214 valence electrons. The van der Waals surface area contributed by atoms with E-state index < -0.39 is 17.6 Å². The Bertz CT molecular complexity index is 1670. The van der Waals surface area contributed by atoms with Crippen molar-refractivity contribution in [2.24, 2.45) is 7.05 Å². The van der Waals surface area contributed by atoms with Gasteiger partial charge >= 0.3 is 6.18 Å². The highest BCUT2D eigenvalue weighted by Gasteiger charge is 2.36. The van der Waals surface area contributed by atoms with Gasteiger partial charge in [-0.2, -0.15) is 13.2 Å². The molecule has 1 unspecified atom stereocenters. The Labute approximate surface area is 234 Å². The second kappa shape index (κ2) is 11.4. The summed E-state index contributed by atoms with van der Waals surface area (Å²) in [5.74, 6) is 0.0472. The van der Waals surface area contributed by atoms with E-state index in [4.69, 9.17) is 4.42 Å². The number of alkyl halides is 3. The Morgan fingerprint density at radius 2 is 1.80 bits per heavy atom. The highest BCUT2D eigenvalue weighted by Crippen LogP contribution is 2.39. The number of aryl methyl sites for hydroxylation is 1. The molecule has 0 aliphatic heterocycles. The molecule has 1 N–H and O–H groups in total. The fourth-order valence-corrected chi connectivity index (χ4v) is 5.05. The molecule has 2 aromatic heterocycles. The molecule has 1 atom stereocenters. The molecular weight excluding hydrogens is 538 g/mol.